The highest BCUT2D eigenvalue weighted by molar-refractivity contribution is 14.1. The first-order valence-corrected chi connectivity index (χ1v) is 9.02. The molecular formula is C18H18IN3O. The van der Waals surface area contributed by atoms with Crippen LogP contribution in [-0.4, -0.2) is 30.5 Å². The Morgan fingerprint density at radius 1 is 1.30 bits per heavy atom. The molecule has 1 unspecified atom stereocenters. The van der Waals surface area contributed by atoms with Crippen molar-refractivity contribution < 1.29 is 4.74 Å². The number of benzene rings is 1. The molecule has 0 radical (unpaired) electrons. The Labute approximate surface area is 149 Å². The molecule has 5 heteroatoms. The largest absolute Gasteiger partial charge is 0.493 e. The summed E-state index contributed by atoms with van der Waals surface area (Å²) in [6.07, 6.45) is 3.70. The van der Waals surface area contributed by atoms with E-state index >= 15 is 0 Å². The summed E-state index contributed by atoms with van der Waals surface area (Å²) >= 11 is 2.39. The Balaban J connectivity index is 1.79. The molecule has 0 aliphatic carbocycles. The lowest BCUT2D eigenvalue weighted by Gasteiger charge is -2.20. The fourth-order valence-electron chi connectivity index (χ4n) is 3.29. The van der Waals surface area contributed by atoms with Crippen molar-refractivity contribution in [2.45, 2.75) is 18.8 Å². The number of nitrogens with zero attached hydrogens (tertiary/aromatic N) is 2. The highest BCUT2D eigenvalue weighted by Crippen LogP contribution is 2.40. The third-order valence-corrected chi connectivity index (χ3v) is 4.96. The quantitative estimate of drug-likeness (QED) is 0.775. The summed E-state index contributed by atoms with van der Waals surface area (Å²) in [7, 11) is 0. The van der Waals surface area contributed by atoms with Crippen LogP contribution in [0.4, 0.5) is 0 Å². The molecule has 1 aromatic heterocycles. The molecule has 2 aliphatic rings. The van der Waals surface area contributed by atoms with Gasteiger partial charge in [0, 0.05) is 46.3 Å². The number of aromatic nitrogens is 1. The molecule has 0 spiro atoms. The average Bonchev–Trinajstić information content (AvgIpc) is 3.24. The minimum absolute atomic E-state index is 0.169. The monoisotopic (exact) mass is 419 g/mol. The van der Waals surface area contributed by atoms with E-state index in [2.05, 4.69) is 56.1 Å². The summed E-state index contributed by atoms with van der Waals surface area (Å²) < 4.78 is 7.21. The predicted octanol–water partition coefficient (Wildman–Crippen LogP) is 3.14. The fourth-order valence-corrected chi connectivity index (χ4v) is 4.00. The second kappa shape index (κ2) is 6.47. The molecule has 3 heterocycles. The number of pyridine rings is 1. The van der Waals surface area contributed by atoms with E-state index in [1.807, 2.05) is 18.3 Å². The normalized spacial score (nSPS) is 17.2. The van der Waals surface area contributed by atoms with E-state index in [9.17, 15) is 0 Å². The van der Waals surface area contributed by atoms with Crippen molar-refractivity contribution in [3.63, 3.8) is 0 Å². The molecule has 0 saturated heterocycles. The van der Waals surface area contributed by atoms with Gasteiger partial charge in [0.25, 0.3) is 0 Å². The van der Waals surface area contributed by atoms with Crippen molar-refractivity contribution in [1.82, 2.24) is 10.3 Å². The third kappa shape index (κ3) is 3.06. The van der Waals surface area contributed by atoms with E-state index in [0.29, 0.717) is 0 Å². The first-order chi connectivity index (χ1) is 11.3. The van der Waals surface area contributed by atoms with Crippen LogP contribution in [0.2, 0.25) is 0 Å². The van der Waals surface area contributed by atoms with Gasteiger partial charge < -0.3 is 10.1 Å². The molecule has 1 atom stereocenters. The Morgan fingerprint density at radius 3 is 3.04 bits per heavy atom. The summed E-state index contributed by atoms with van der Waals surface area (Å²) in [5.74, 6) is 2.30. The number of hydrogen-bond acceptors (Lipinski definition) is 4. The molecule has 4 rings (SSSR count). The average molecular weight is 419 g/mol. The second-order valence-electron chi connectivity index (χ2n) is 5.85. The van der Waals surface area contributed by atoms with Crippen LogP contribution >= 0.6 is 22.6 Å². The lowest BCUT2D eigenvalue weighted by Crippen LogP contribution is -2.22. The van der Waals surface area contributed by atoms with Crippen molar-refractivity contribution >= 4 is 28.4 Å². The lowest BCUT2D eigenvalue weighted by molar-refractivity contribution is 0.352. The van der Waals surface area contributed by atoms with Crippen molar-refractivity contribution in [1.29, 1.82) is 0 Å². The molecule has 1 aromatic carbocycles. The Kier molecular flexibility index (Phi) is 4.20. The zero-order chi connectivity index (χ0) is 15.6. The molecule has 0 amide bonds. The summed E-state index contributed by atoms with van der Waals surface area (Å²) in [6.45, 7) is 2.58. The van der Waals surface area contributed by atoms with Crippen LogP contribution in [0.1, 0.15) is 29.2 Å². The van der Waals surface area contributed by atoms with Crippen molar-refractivity contribution in [3.8, 4) is 5.75 Å². The maximum absolute atomic E-state index is 5.96. The number of hydrogen-bond donors (Lipinski definition) is 1. The van der Waals surface area contributed by atoms with E-state index in [1.165, 1.54) is 14.7 Å². The van der Waals surface area contributed by atoms with Crippen LogP contribution in [0.15, 0.2) is 41.5 Å². The highest BCUT2D eigenvalue weighted by atomic mass is 127. The van der Waals surface area contributed by atoms with E-state index < -0.39 is 0 Å². The molecule has 0 saturated carbocycles. The van der Waals surface area contributed by atoms with Crippen LogP contribution in [0, 0.1) is 3.57 Å². The molecule has 0 fully saturated rings. The number of halogens is 1. The number of aliphatic imine (C=N–C) groups is 1. The summed E-state index contributed by atoms with van der Waals surface area (Å²) in [6, 6.07) is 10.6. The minimum Gasteiger partial charge on any atom is -0.493 e. The van der Waals surface area contributed by atoms with Crippen LogP contribution in [0.5, 0.6) is 5.75 Å². The van der Waals surface area contributed by atoms with Gasteiger partial charge in [0.1, 0.15) is 5.75 Å². The van der Waals surface area contributed by atoms with E-state index in [4.69, 9.17) is 4.74 Å². The zero-order valence-corrected chi connectivity index (χ0v) is 14.9. The minimum atomic E-state index is 0.169. The predicted molar refractivity (Wildman–Crippen MR) is 99.4 cm³/mol. The summed E-state index contributed by atoms with van der Waals surface area (Å²) in [5.41, 5.74) is 3.62. The van der Waals surface area contributed by atoms with Crippen molar-refractivity contribution in [2.24, 2.45) is 4.99 Å². The van der Waals surface area contributed by atoms with E-state index in [-0.39, 0.29) is 5.92 Å². The SMILES string of the molecule is Ic1cc2c(c(C(CC3=NCCN3)c3ccccn3)c1)OCC2. The maximum Gasteiger partial charge on any atom is 0.126 e. The van der Waals surface area contributed by atoms with E-state index in [0.717, 1.165) is 49.8 Å². The number of fused-ring (bicyclic) bond motifs is 1. The van der Waals surface area contributed by atoms with Crippen molar-refractivity contribution in [3.05, 3.63) is 56.9 Å². The second-order valence-corrected chi connectivity index (χ2v) is 7.09. The Hall–Kier alpha value is -1.63. The van der Waals surface area contributed by atoms with Gasteiger partial charge in [0.2, 0.25) is 0 Å². The van der Waals surface area contributed by atoms with Gasteiger partial charge in [-0.1, -0.05) is 6.07 Å². The van der Waals surface area contributed by atoms with Crippen LogP contribution < -0.4 is 10.1 Å². The Bertz CT molecular complexity index is 745. The molecule has 2 aromatic rings. The summed E-state index contributed by atoms with van der Waals surface area (Å²) in [5, 5.41) is 3.39. The van der Waals surface area contributed by atoms with Crippen LogP contribution in [0.3, 0.4) is 0 Å². The third-order valence-electron chi connectivity index (χ3n) is 4.34. The van der Waals surface area contributed by atoms with Crippen LogP contribution in [0.25, 0.3) is 0 Å². The smallest absolute Gasteiger partial charge is 0.126 e. The number of amidine groups is 1. The highest BCUT2D eigenvalue weighted by Gasteiger charge is 2.27. The van der Waals surface area contributed by atoms with Gasteiger partial charge in [-0.15, -0.1) is 0 Å². The van der Waals surface area contributed by atoms with Gasteiger partial charge in [-0.3, -0.25) is 9.98 Å². The topological polar surface area (TPSA) is 46.5 Å². The van der Waals surface area contributed by atoms with Gasteiger partial charge in [-0.2, -0.15) is 0 Å². The number of rotatable bonds is 4. The van der Waals surface area contributed by atoms with Gasteiger partial charge in [-0.25, -0.2) is 0 Å². The first kappa shape index (κ1) is 14.9. The van der Waals surface area contributed by atoms with Gasteiger partial charge in [0.15, 0.2) is 0 Å². The Morgan fingerprint density at radius 2 is 2.26 bits per heavy atom. The fraction of sp³-hybridized carbons (Fsp3) is 0.333. The van der Waals surface area contributed by atoms with Gasteiger partial charge >= 0.3 is 0 Å². The van der Waals surface area contributed by atoms with Crippen molar-refractivity contribution in [2.75, 3.05) is 19.7 Å². The van der Waals surface area contributed by atoms with Gasteiger partial charge in [0.05, 0.1) is 19.0 Å². The molecule has 1 N–H and O–H groups in total. The van der Waals surface area contributed by atoms with E-state index in [1.54, 1.807) is 0 Å². The van der Waals surface area contributed by atoms with Crippen LogP contribution in [-0.2, 0) is 6.42 Å². The number of ether oxygens (including phenoxy) is 1. The lowest BCUT2D eigenvalue weighted by atomic mass is 9.89. The molecule has 23 heavy (non-hydrogen) atoms. The molecule has 0 bridgehead atoms. The number of nitrogens with one attached hydrogen (secondary N) is 1. The maximum atomic E-state index is 5.96. The molecular weight excluding hydrogens is 401 g/mol. The molecule has 4 nitrogen and oxygen atoms in total. The molecule has 118 valence electrons. The summed E-state index contributed by atoms with van der Waals surface area (Å²) in [4.78, 5) is 9.19. The molecule has 2 aliphatic heterocycles. The standard InChI is InChI=1S/C18H18IN3O/c19-13-9-12-4-8-23-18(12)15(10-13)14(11-17-21-6-7-22-17)16-3-1-2-5-20-16/h1-3,5,9-10,14H,4,6-8,11H2,(H,21,22). The van der Waals surface area contributed by atoms with Gasteiger partial charge in [-0.05, 0) is 52.4 Å². The first-order valence-electron chi connectivity index (χ1n) is 7.94. The zero-order valence-electron chi connectivity index (χ0n) is 12.8.